The lowest BCUT2D eigenvalue weighted by Crippen LogP contribution is -2.12. The van der Waals surface area contributed by atoms with Crippen molar-refractivity contribution in [3.05, 3.63) is 71.2 Å². The maximum absolute atomic E-state index is 12.5. The number of aromatic nitrogens is 3. The third-order valence-electron chi connectivity index (χ3n) is 3.70. The Balaban J connectivity index is 1.91. The van der Waals surface area contributed by atoms with Crippen LogP contribution in [0.5, 0.6) is 5.75 Å². The minimum atomic E-state index is -0.415. The molecule has 2 aromatic heterocycles. The summed E-state index contributed by atoms with van der Waals surface area (Å²) in [6.07, 6.45) is 3.20. The molecule has 0 unspecified atom stereocenters. The van der Waals surface area contributed by atoms with Gasteiger partial charge in [0, 0.05) is 6.20 Å². The number of hydrogen-bond acceptors (Lipinski definition) is 4. The first kappa shape index (κ1) is 15.0. The maximum atomic E-state index is 12.5. The molecule has 5 heteroatoms. The molecule has 2 heterocycles. The number of pyridine rings is 1. The minimum Gasteiger partial charge on any atom is -0.422 e. The molecule has 0 bridgehead atoms. The largest absolute Gasteiger partial charge is 0.422 e. The van der Waals surface area contributed by atoms with Gasteiger partial charge in [-0.05, 0) is 44.0 Å². The van der Waals surface area contributed by atoms with Gasteiger partial charge in [0.05, 0.1) is 11.9 Å². The first-order chi connectivity index (χ1) is 11.1. The highest BCUT2D eigenvalue weighted by Gasteiger charge is 2.19. The molecule has 0 aliphatic carbocycles. The van der Waals surface area contributed by atoms with Crippen LogP contribution in [0.4, 0.5) is 0 Å². The van der Waals surface area contributed by atoms with Crippen LogP contribution in [0.3, 0.4) is 0 Å². The Bertz CT molecular complexity index is 834. The Hall–Kier alpha value is -2.95. The summed E-state index contributed by atoms with van der Waals surface area (Å²) in [5.41, 5.74) is 2.97. The van der Waals surface area contributed by atoms with E-state index < -0.39 is 5.97 Å². The van der Waals surface area contributed by atoms with Gasteiger partial charge in [-0.15, -0.1) is 0 Å². The maximum Gasteiger partial charge on any atom is 0.347 e. The van der Waals surface area contributed by atoms with Crippen molar-refractivity contribution in [2.75, 3.05) is 0 Å². The highest BCUT2D eigenvalue weighted by Crippen LogP contribution is 2.24. The average Bonchev–Trinajstić information content (AvgIpc) is 2.93. The van der Waals surface area contributed by atoms with E-state index in [1.54, 1.807) is 10.9 Å². The highest BCUT2D eigenvalue weighted by atomic mass is 16.5. The van der Waals surface area contributed by atoms with E-state index in [1.807, 2.05) is 57.2 Å². The molecule has 0 aliphatic rings. The van der Waals surface area contributed by atoms with E-state index >= 15 is 0 Å². The molecule has 0 fully saturated rings. The fourth-order valence-electron chi connectivity index (χ4n) is 2.43. The number of carbonyl (C=O) groups is 1. The second-order valence-electron chi connectivity index (χ2n) is 5.35. The summed E-state index contributed by atoms with van der Waals surface area (Å²) in [6.45, 7) is 5.66. The molecule has 3 rings (SSSR count). The van der Waals surface area contributed by atoms with Crippen molar-refractivity contribution in [3.63, 3.8) is 0 Å². The first-order valence-electron chi connectivity index (χ1n) is 7.32. The first-order valence-corrected chi connectivity index (χ1v) is 7.32. The van der Waals surface area contributed by atoms with E-state index in [9.17, 15) is 4.79 Å². The second-order valence-corrected chi connectivity index (χ2v) is 5.35. The molecule has 0 N–H and O–H groups in total. The number of carbonyl (C=O) groups excluding carboxylic acids is 1. The molecule has 0 saturated heterocycles. The Morgan fingerprint density at radius 1 is 1.04 bits per heavy atom. The van der Waals surface area contributed by atoms with Gasteiger partial charge in [-0.25, -0.2) is 14.5 Å². The molecular weight excluding hydrogens is 290 g/mol. The smallest absolute Gasteiger partial charge is 0.347 e. The molecule has 0 saturated carbocycles. The summed E-state index contributed by atoms with van der Waals surface area (Å²) in [7, 11) is 0. The van der Waals surface area contributed by atoms with Gasteiger partial charge in [-0.2, -0.15) is 5.10 Å². The Labute approximate surface area is 134 Å². The summed E-state index contributed by atoms with van der Waals surface area (Å²) < 4.78 is 7.21. The van der Waals surface area contributed by atoms with Gasteiger partial charge in [0.1, 0.15) is 11.3 Å². The number of benzene rings is 1. The van der Waals surface area contributed by atoms with Gasteiger partial charge in [0.25, 0.3) is 0 Å². The van der Waals surface area contributed by atoms with Gasteiger partial charge in [0.15, 0.2) is 5.82 Å². The van der Waals surface area contributed by atoms with Crippen molar-refractivity contribution in [2.45, 2.75) is 20.8 Å². The lowest BCUT2D eigenvalue weighted by molar-refractivity contribution is 0.0731. The predicted molar refractivity (Wildman–Crippen MR) is 87.0 cm³/mol. The van der Waals surface area contributed by atoms with Crippen molar-refractivity contribution in [1.29, 1.82) is 0 Å². The Kier molecular flexibility index (Phi) is 3.93. The lowest BCUT2D eigenvalue weighted by Gasteiger charge is -2.10. The lowest BCUT2D eigenvalue weighted by atomic mass is 10.1. The number of rotatable bonds is 3. The summed E-state index contributed by atoms with van der Waals surface area (Å²) in [5, 5.41) is 4.25. The summed E-state index contributed by atoms with van der Waals surface area (Å²) in [4.78, 5) is 16.7. The van der Waals surface area contributed by atoms with Crippen molar-refractivity contribution in [3.8, 4) is 11.6 Å². The molecule has 0 atom stereocenters. The normalized spacial score (nSPS) is 10.6. The quantitative estimate of drug-likeness (QED) is 0.549. The summed E-state index contributed by atoms with van der Waals surface area (Å²) in [5.74, 6) is 0.848. The molecule has 0 radical (unpaired) electrons. The number of nitrogens with zero attached hydrogens (tertiary/aromatic N) is 3. The SMILES string of the molecule is Cc1cccc(C)c1OC(=O)c1cnn(-c2ccccn2)c1C. The number of aryl methyl sites for hydroxylation is 2. The van der Waals surface area contributed by atoms with Gasteiger partial charge >= 0.3 is 5.97 Å². The summed E-state index contributed by atoms with van der Waals surface area (Å²) in [6, 6.07) is 11.3. The van der Waals surface area contributed by atoms with Crippen LogP contribution in [0.2, 0.25) is 0 Å². The number of esters is 1. The molecule has 23 heavy (non-hydrogen) atoms. The molecule has 0 spiro atoms. The highest BCUT2D eigenvalue weighted by molar-refractivity contribution is 5.92. The van der Waals surface area contributed by atoms with Gasteiger partial charge in [-0.1, -0.05) is 24.3 Å². The van der Waals surface area contributed by atoms with Crippen LogP contribution in [-0.2, 0) is 0 Å². The van der Waals surface area contributed by atoms with E-state index in [1.165, 1.54) is 6.20 Å². The molecule has 0 aliphatic heterocycles. The zero-order chi connectivity index (χ0) is 16.4. The Morgan fingerprint density at radius 3 is 2.43 bits per heavy atom. The summed E-state index contributed by atoms with van der Waals surface area (Å²) >= 11 is 0. The Morgan fingerprint density at radius 2 is 1.78 bits per heavy atom. The van der Waals surface area contributed by atoms with E-state index in [-0.39, 0.29) is 0 Å². The van der Waals surface area contributed by atoms with Gasteiger partial charge in [-0.3, -0.25) is 0 Å². The number of hydrogen-bond donors (Lipinski definition) is 0. The van der Waals surface area contributed by atoms with E-state index in [2.05, 4.69) is 10.1 Å². The fraction of sp³-hybridized carbons (Fsp3) is 0.167. The average molecular weight is 307 g/mol. The zero-order valence-corrected chi connectivity index (χ0v) is 13.3. The van der Waals surface area contributed by atoms with Crippen LogP contribution in [0.25, 0.3) is 5.82 Å². The fourth-order valence-corrected chi connectivity index (χ4v) is 2.43. The third-order valence-corrected chi connectivity index (χ3v) is 3.70. The monoisotopic (exact) mass is 307 g/mol. The molecule has 1 aromatic carbocycles. The van der Waals surface area contributed by atoms with Crippen LogP contribution in [0, 0.1) is 20.8 Å². The van der Waals surface area contributed by atoms with Crippen molar-refractivity contribution in [1.82, 2.24) is 14.8 Å². The van der Waals surface area contributed by atoms with Crippen LogP contribution in [0.15, 0.2) is 48.8 Å². The zero-order valence-electron chi connectivity index (χ0n) is 13.3. The molecule has 0 amide bonds. The molecule has 3 aromatic rings. The van der Waals surface area contributed by atoms with Crippen LogP contribution >= 0.6 is 0 Å². The molecule has 5 nitrogen and oxygen atoms in total. The van der Waals surface area contributed by atoms with Crippen molar-refractivity contribution in [2.24, 2.45) is 0 Å². The minimum absolute atomic E-state index is 0.415. The van der Waals surface area contributed by atoms with Crippen LogP contribution in [-0.4, -0.2) is 20.7 Å². The standard InChI is InChI=1S/C18H17N3O2/c1-12-7-6-8-13(2)17(12)23-18(22)15-11-20-21(14(15)3)16-9-4-5-10-19-16/h4-11H,1-3H3. The number of ether oxygens (including phenoxy) is 1. The topological polar surface area (TPSA) is 57.0 Å². The second kappa shape index (κ2) is 6.04. The van der Waals surface area contributed by atoms with Crippen LogP contribution < -0.4 is 4.74 Å². The third kappa shape index (κ3) is 2.85. The van der Waals surface area contributed by atoms with E-state index in [0.29, 0.717) is 22.8 Å². The van der Waals surface area contributed by atoms with Crippen molar-refractivity contribution < 1.29 is 9.53 Å². The van der Waals surface area contributed by atoms with Crippen LogP contribution in [0.1, 0.15) is 27.2 Å². The number of para-hydroxylation sites is 1. The van der Waals surface area contributed by atoms with Crippen molar-refractivity contribution >= 4 is 5.97 Å². The molecular formula is C18H17N3O2. The van der Waals surface area contributed by atoms with E-state index in [4.69, 9.17) is 4.74 Å². The molecule has 116 valence electrons. The van der Waals surface area contributed by atoms with Gasteiger partial charge in [0.2, 0.25) is 0 Å². The van der Waals surface area contributed by atoms with E-state index in [0.717, 1.165) is 11.1 Å². The predicted octanol–water partition coefficient (Wildman–Crippen LogP) is 3.41. The van der Waals surface area contributed by atoms with Gasteiger partial charge < -0.3 is 4.74 Å².